The van der Waals surface area contributed by atoms with Crippen molar-refractivity contribution in [2.45, 2.75) is 19.3 Å². The van der Waals surface area contributed by atoms with Crippen molar-refractivity contribution in [3.63, 3.8) is 0 Å². The van der Waals surface area contributed by atoms with Gasteiger partial charge in [-0.2, -0.15) is 5.26 Å². The zero-order valence-electron chi connectivity index (χ0n) is 15.6. The Morgan fingerprint density at radius 2 is 1.93 bits per heavy atom. The lowest BCUT2D eigenvalue weighted by atomic mass is 10.1. The normalized spacial score (nSPS) is 16.2. The van der Waals surface area contributed by atoms with Crippen molar-refractivity contribution in [1.82, 2.24) is 14.9 Å². The number of fused-ring (bicyclic) bond motifs is 2. The van der Waals surface area contributed by atoms with E-state index in [2.05, 4.69) is 16.0 Å². The third-order valence-electron chi connectivity index (χ3n) is 5.78. The highest BCUT2D eigenvalue weighted by atomic mass is 16.2. The van der Waals surface area contributed by atoms with Crippen LogP contribution < -0.4 is 4.90 Å². The molecule has 2 aromatic heterocycles. The number of aromatic nitrogens is 2. The Kier molecular flexibility index (Phi) is 4.01. The molecule has 1 N–H and O–H groups in total. The van der Waals surface area contributed by atoms with Crippen LogP contribution in [0.1, 0.15) is 33.7 Å². The predicted molar refractivity (Wildman–Crippen MR) is 107 cm³/mol. The maximum absolute atomic E-state index is 12.9. The summed E-state index contributed by atoms with van der Waals surface area (Å²) in [5.41, 5.74) is 4.60. The summed E-state index contributed by atoms with van der Waals surface area (Å²) >= 11 is 0. The molecular weight excluding hydrogens is 350 g/mol. The maximum Gasteiger partial charge on any atom is 0.270 e. The van der Waals surface area contributed by atoms with Crippen LogP contribution >= 0.6 is 0 Å². The number of carbonyl (C=O) groups excluding carboxylic acids is 1. The largest absolute Gasteiger partial charge is 0.352 e. The number of anilines is 1. The second-order valence-electron chi connectivity index (χ2n) is 7.48. The van der Waals surface area contributed by atoms with Crippen molar-refractivity contribution in [2.75, 3.05) is 31.1 Å². The summed E-state index contributed by atoms with van der Waals surface area (Å²) in [5, 5.41) is 10.6. The van der Waals surface area contributed by atoms with Crippen LogP contribution in [0, 0.1) is 11.3 Å². The Bertz CT molecular complexity index is 1070. The molecule has 3 heterocycles. The molecule has 6 heteroatoms. The first-order chi connectivity index (χ1) is 13.7. The average molecular weight is 371 g/mol. The fraction of sp³-hybridized carbons (Fsp3) is 0.318. The number of pyridine rings is 1. The first-order valence-electron chi connectivity index (χ1n) is 9.78. The minimum atomic E-state index is 0.0262. The van der Waals surface area contributed by atoms with E-state index in [1.165, 1.54) is 5.56 Å². The number of rotatable bonds is 2. The molecule has 0 atom stereocenters. The number of aryl methyl sites for hydroxylation is 2. The van der Waals surface area contributed by atoms with Gasteiger partial charge in [0.05, 0.1) is 5.56 Å². The number of para-hydroxylation sites is 1. The van der Waals surface area contributed by atoms with Crippen molar-refractivity contribution in [3.8, 4) is 6.07 Å². The quantitative estimate of drug-likeness (QED) is 0.752. The molecule has 3 aromatic rings. The van der Waals surface area contributed by atoms with Crippen LogP contribution in [0.15, 0.2) is 36.4 Å². The summed E-state index contributed by atoms with van der Waals surface area (Å²) in [7, 11) is 0. The van der Waals surface area contributed by atoms with Crippen LogP contribution in [0.2, 0.25) is 0 Å². The number of carbonyl (C=O) groups is 1. The number of nitriles is 1. The number of nitrogens with zero attached hydrogens (tertiary/aromatic N) is 4. The Morgan fingerprint density at radius 3 is 2.71 bits per heavy atom. The maximum atomic E-state index is 12.9. The lowest BCUT2D eigenvalue weighted by Gasteiger charge is -2.35. The number of piperazine rings is 1. The van der Waals surface area contributed by atoms with Crippen LogP contribution in [0.3, 0.4) is 0 Å². The first-order valence-corrected chi connectivity index (χ1v) is 9.78. The van der Waals surface area contributed by atoms with Crippen molar-refractivity contribution < 1.29 is 4.79 Å². The van der Waals surface area contributed by atoms with Crippen LogP contribution in [0.5, 0.6) is 0 Å². The van der Waals surface area contributed by atoms with E-state index in [-0.39, 0.29) is 5.91 Å². The molecular formula is C22H21N5O. The minimum Gasteiger partial charge on any atom is -0.352 e. The smallest absolute Gasteiger partial charge is 0.270 e. The molecule has 1 saturated heterocycles. The number of nitrogens with one attached hydrogen (secondary N) is 1. The van der Waals surface area contributed by atoms with Gasteiger partial charge in [0.1, 0.15) is 17.6 Å². The van der Waals surface area contributed by atoms with Crippen LogP contribution in [-0.2, 0) is 12.8 Å². The van der Waals surface area contributed by atoms with E-state index in [1.807, 2.05) is 41.3 Å². The minimum absolute atomic E-state index is 0.0262. The third-order valence-corrected chi connectivity index (χ3v) is 5.78. The highest BCUT2D eigenvalue weighted by Crippen LogP contribution is 2.28. The molecule has 1 aliphatic carbocycles. The molecule has 1 aliphatic heterocycles. The van der Waals surface area contributed by atoms with E-state index in [0.717, 1.165) is 41.7 Å². The zero-order chi connectivity index (χ0) is 19.1. The molecule has 0 unspecified atom stereocenters. The van der Waals surface area contributed by atoms with Crippen molar-refractivity contribution in [1.29, 1.82) is 5.26 Å². The zero-order valence-corrected chi connectivity index (χ0v) is 15.6. The van der Waals surface area contributed by atoms with Gasteiger partial charge < -0.3 is 14.8 Å². The Labute approximate surface area is 163 Å². The van der Waals surface area contributed by atoms with Gasteiger partial charge >= 0.3 is 0 Å². The van der Waals surface area contributed by atoms with E-state index < -0.39 is 0 Å². The number of H-pyrrole nitrogens is 1. The number of benzene rings is 1. The van der Waals surface area contributed by atoms with Crippen molar-refractivity contribution in [2.24, 2.45) is 0 Å². The van der Waals surface area contributed by atoms with Gasteiger partial charge in [-0.15, -0.1) is 0 Å². The van der Waals surface area contributed by atoms with Gasteiger partial charge in [0.15, 0.2) is 0 Å². The van der Waals surface area contributed by atoms with Crippen LogP contribution in [-0.4, -0.2) is 47.0 Å². The summed E-state index contributed by atoms with van der Waals surface area (Å²) in [6.07, 6.45) is 3.13. The summed E-state index contributed by atoms with van der Waals surface area (Å²) < 4.78 is 0. The highest BCUT2D eigenvalue weighted by Gasteiger charge is 2.26. The van der Waals surface area contributed by atoms with Gasteiger partial charge in [0.25, 0.3) is 5.91 Å². The van der Waals surface area contributed by atoms with Crippen molar-refractivity contribution >= 4 is 22.6 Å². The van der Waals surface area contributed by atoms with Crippen LogP contribution in [0.25, 0.3) is 10.9 Å². The molecule has 2 aliphatic rings. The molecule has 5 rings (SSSR count). The molecule has 6 nitrogen and oxygen atoms in total. The van der Waals surface area contributed by atoms with E-state index in [9.17, 15) is 10.1 Å². The van der Waals surface area contributed by atoms with Gasteiger partial charge in [0, 0.05) is 42.8 Å². The van der Waals surface area contributed by atoms with Crippen molar-refractivity contribution in [3.05, 3.63) is 58.9 Å². The summed E-state index contributed by atoms with van der Waals surface area (Å²) in [4.78, 5) is 24.9. The molecule has 28 heavy (non-hydrogen) atoms. The summed E-state index contributed by atoms with van der Waals surface area (Å²) in [6, 6.07) is 14.1. The fourth-order valence-corrected chi connectivity index (χ4v) is 4.26. The molecule has 0 saturated carbocycles. The second kappa shape index (κ2) is 6.68. The molecule has 0 bridgehead atoms. The molecule has 1 fully saturated rings. The molecule has 1 aromatic carbocycles. The standard InChI is InChI=1S/C22H21N5O/c23-14-17-12-15-5-3-7-19(15)25-21(17)26-8-10-27(11-9-26)22(28)20-13-16-4-1-2-6-18(16)24-20/h1-2,4,6,12-13,24H,3,5,7-11H2. The average Bonchev–Trinajstić information content (AvgIpc) is 3.38. The molecule has 0 spiro atoms. The van der Waals surface area contributed by atoms with Crippen LogP contribution in [0.4, 0.5) is 5.82 Å². The third kappa shape index (κ3) is 2.80. The number of amides is 1. The molecule has 0 radical (unpaired) electrons. The highest BCUT2D eigenvalue weighted by molar-refractivity contribution is 5.98. The number of hydrogen-bond donors (Lipinski definition) is 1. The first kappa shape index (κ1) is 16.8. The van der Waals surface area contributed by atoms with E-state index in [4.69, 9.17) is 4.98 Å². The molecule has 1 amide bonds. The predicted octanol–water partition coefficient (Wildman–Crippen LogP) is 2.89. The van der Waals surface area contributed by atoms with Gasteiger partial charge in [0.2, 0.25) is 0 Å². The van der Waals surface area contributed by atoms with E-state index >= 15 is 0 Å². The monoisotopic (exact) mass is 371 g/mol. The van der Waals surface area contributed by atoms with E-state index in [1.54, 1.807) is 0 Å². The van der Waals surface area contributed by atoms with Gasteiger partial charge in [-0.05, 0) is 43.0 Å². The Morgan fingerprint density at radius 1 is 1.11 bits per heavy atom. The second-order valence-corrected chi connectivity index (χ2v) is 7.48. The molecule has 140 valence electrons. The van der Waals surface area contributed by atoms with Gasteiger partial charge in [-0.3, -0.25) is 4.79 Å². The fourth-order valence-electron chi connectivity index (χ4n) is 4.26. The summed E-state index contributed by atoms with van der Waals surface area (Å²) in [6.45, 7) is 2.62. The Balaban J connectivity index is 1.33. The van der Waals surface area contributed by atoms with Gasteiger partial charge in [-0.1, -0.05) is 18.2 Å². The van der Waals surface area contributed by atoms with Gasteiger partial charge in [-0.25, -0.2) is 4.98 Å². The SMILES string of the molecule is N#Cc1cc2c(nc1N1CCN(C(=O)c3cc4ccccc4[nH]3)CC1)CCC2. The number of hydrogen-bond acceptors (Lipinski definition) is 4. The lowest BCUT2D eigenvalue weighted by Crippen LogP contribution is -2.49. The van der Waals surface area contributed by atoms with E-state index in [0.29, 0.717) is 37.4 Å². The summed E-state index contributed by atoms with van der Waals surface area (Å²) in [5.74, 6) is 0.805. The Hall–Kier alpha value is -3.33. The lowest BCUT2D eigenvalue weighted by molar-refractivity contribution is 0.0741. The topological polar surface area (TPSA) is 76.0 Å². The number of aromatic amines is 1.